The number of fused-ring (bicyclic) bond motifs is 1. The number of aromatic nitrogens is 1. The van der Waals surface area contributed by atoms with Crippen LogP contribution >= 0.6 is 0 Å². The van der Waals surface area contributed by atoms with E-state index in [1.165, 1.54) is 22.6 Å². The van der Waals surface area contributed by atoms with Gasteiger partial charge in [0.15, 0.2) is 0 Å². The number of hydrogen-bond acceptors (Lipinski definition) is 12. The van der Waals surface area contributed by atoms with Gasteiger partial charge in [0.2, 0.25) is 25.9 Å². The lowest BCUT2D eigenvalue weighted by atomic mass is 9.88. The summed E-state index contributed by atoms with van der Waals surface area (Å²) in [6.45, 7) is 2.48. The van der Waals surface area contributed by atoms with E-state index in [2.05, 4.69) is 15.0 Å². The summed E-state index contributed by atoms with van der Waals surface area (Å²) >= 11 is 0. The van der Waals surface area contributed by atoms with E-state index in [9.17, 15) is 27.0 Å². The van der Waals surface area contributed by atoms with Gasteiger partial charge in [-0.05, 0) is 50.3 Å². The number of nitrogens with zero attached hydrogens (tertiary/aromatic N) is 3. The highest BCUT2D eigenvalue weighted by Gasteiger charge is 2.45. The van der Waals surface area contributed by atoms with Gasteiger partial charge >= 0.3 is 0 Å². The van der Waals surface area contributed by atoms with Crippen LogP contribution in [0.4, 0.5) is 5.69 Å². The molecule has 14 nitrogen and oxygen atoms in total. The summed E-state index contributed by atoms with van der Waals surface area (Å²) in [7, 11) is -5.69. The van der Waals surface area contributed by atoms with Crippen molar-refractivity contribution >= 4 is 25.7 Å². The molecule has 6 rings (SSSR count). The predicted octanol–water partition coefficient (Wildman–Crippen LogP) is 0.834. The van der Waals surface area contributed by atoms with Crippen molar-refractivity contribution in [3.8, 4) is 11.6 Å². The number of anilines is 1. The number of pyridine rings is 1. The summed E-state index contributed by atoms with van der Waals surface area (Å²) in [5, 5.41) is 24.1. The Kier molecular flexibility index (Phi) is 10.3. The molecule has 3 aliphatic heterocycles. The first-order valence-corrected chi connectivity index (χ1v) is 19.2. The van der Waals surface area contributed by atoms with Gasteiger partial charge in [-0.15, -0.1) is 0 Å². The number of sulfonamides is 2. The van der Waals surface area contributed by atoms with Crippen molar-refractivity contribution in [1.82, 2.24) is 19.3 Å². The number of nitrogens with one attached hydrogen (secondary N) is 2. The third kappa shape index (κ3) is 7.85. The van der Waals surface area contributed by atoms with E-state index in [4.69, 9.17) is 14.2 Å². The number of benzene rings is 1. The summed E-state index contributed by atoms with van der Waals surface area (Å²) < 4.78 is 74.3. The van der Waals surface area contributed by atoms with Crippen molar-refractivity contribution in [3.63, 3.8) is 0 Å². The molecule has 260 valence electrons. The molecule has 4 aliphatic rings. The number of aliphatic hydroxyl groups excluding tert-OH is 2. The van der Waals surface area contributed by atoms with Crippen LogP contribution < -0.4 is 24.4 Å². The highest BCUT2D eigenvalue weighted by molar-refractivity contribution is 7.89. The first-order valence-electron chi connectivity index (χ1n) is 16.3. The van der Waals surface area contributed by atoms with Crippen LogP contribution in [-0.4, -0.2) is 119 Å². The van der Waals surface area contributed by atoms with Gasteiger partial charge in [0.25, 0.3) is 0 Å². The fourth-order valence-corrected chi connectivity index (χ4v) is 9.50. The second-order valence-corrected chi connectivity index (χ2v) is 16.6. The fourth-order valence-electron chi connectivity index (χ4n) is 6.76. The largest absolute Gasteiger partial charge is 0.491 e. The van der Waals surface area contributed by atoms with Crippen LogP contribution in [-0.2, 0) is 24.8 Å². The van der Waals surface area contributed by atoms with Crippen LogP contribution in [0.25, 0.3) is 0 Å². The SMILES string of the molecule is CN1CCOc2ncc(S(=O)(=O)N3CCC4(CC3)C[C@@H](NC[C@H](O)COc3cccc(S(=O)(=O)N[C@H]5CCCC[C@@H]5O)c3)CO4)cc21. The van der Waals surface area contributed by atoms with Gasteiger partial charge in [-0.25, -0.2) is 26.5 Å². The molecule has 2 saturated heterocycles. The molecule has 1 saturated carbocycles. The molecule has 0 radical (unpaired) electrons. The van der Waals surface area contributed by atoms with Gasteiger partial charge in [0.05, 0.1) is 35.9 Å². The summed E-state index contributed by atoms with van der Waals surface area (Å²) in [6.07, 6.45) is 4.52. The maximum Gasteiger partial charge on any atom is 0.244 e. The Labute approximate surface area is 276 Å². The summed E-state index contributed by atoms with van der Waals surface area (Å²) in [6, 6.07) is 7.19. The van der Waals surface area contributed by atoms with E-state index >= 15 is 0 Å². The Morgan fingerprint density at radius 2 is 1.89 bits per heavy atom. The minimum Gasteiger partial charge on any atom is -0.491 e. The lowest BCUT2D eigenvalue weighted by molar-refractivity contribution is -0.0312. The van der Waals surface area contributed by atoms with Gasteiger partial charge in [-0.3, -0.25) is 0 Å². The van der Waals surface area contributed by atoms with E-state index in [1.54, 1.807) is 18.2 Å². The highest BCUT2D eigenvalue weighted by Crippen LogP contribution is 2.38. The van der Waals surface area contributed by atoms with Crippen molar-refractivity contribution in [2.45, 2.75) is 84.6 Å². The summed E-state index contributed by atoms with van der Waals surface area (Å²) in [5.74, 6) is 0.752. The fraction of sp³-hybridized carbons (Fsp3) is 0.645. The maximum absolute atomic E-state index is 13.4. The van der Waals surface area contributed by atoms with Crippen molar-refractivity contribution in [2.24, 2.45) is 0 Å². The third-order valence-electron chi connectivity index (χ3n) is 9.60. The molecule has 47 heavy (non-hydrogen) atoms. The Hall–Kier alpha value is -2.57. The summed E-state index contributed by atoms with van der Waals surface area (Å²) in [5.41, 5.74) is 0.234. The smallest absolute Gasteiger partial charge is 0.244 e. The molecule has 1 spiro atoms. The summed E-state index contributed by atoms with van der Waals surface area (Å²) in [4.78, 5) is 6.37. The van der Waals surface area contributed by atoms with Crippen LogP contribution in [0, 0.1) is 0 Å². The van der Waals surface area contributed by atoms with Crippen LogP contribution in [0.1, 0.15) is 44.9 Å². The molecule has 3 fully saturated rings. The third-order valence-corrected chi connectivity index (χ3v) is 13.0. The van der Waals surface area contributed by atoms with Gasteiger partial charge in [0.1, 0.15) is 35.7 Å². The van der Waals surface area contributed by atoms with Gasteiger partial charge in [-0.2, -0.15) is 4.31 Å². The number of likely N-dealkylation sites (N-methyl/N-ethyl adjacent to an activating group) is 1. The number of aliphatic hydroxyl groups is 2. The van der Waals surface area contributed by atoms with E-state index in [0.717, 1.165) is 12.8 Å². The minimum absolute atomic E-state index is 0.0112. The van der Waals surface area contributed by atoms with E-state index in [-0.39, 0.29) is 29.0 Å². The van der Waals surface area contributed by atoms with Crippen LogP contribution in [0.3, 0.4) is 0 Å². The zero-order valence-electron chi connectivity index (χ0n) is 26.6. The Balaban J connectivity index is 0.952. The van der Waals surface area contributed by atoms with E-state index in [1.807, 2.05) is 11.9 Å². The van der Waals surface area contributed by atoms with E-state index in [0.29, 0.717) is 82.3 Å². The second kappa shape index (κ2) is 14.1. The molecule has 1 aromatic heterocycles. The Morgan fingerprint density at radius 3 is 2.68 bits per heavy atom. The van der Waals surface area contributed by atoms with Gasteiger partial charge in [0, 0.05) is 44.8 Å². The topological polar surface area (TPSA) is 180 Å². The quantitative estimate of drug-likeness (QED) is 0.261. The minimum atomic E-state index is -3.84. The van der Waals surface area contributed by atoms with E-state index < -0.39 is 43.9 Å². The van der Waals surface area contributed by atoms with Crippen molar-refractivity contribution in [1.29, 1.82) is 0 Å². The molecule has 1 aliphatic carbocycles. The highest BCUT2D eigenvalue weighted by atomic mass is 32.2. The zero-order chi connectivity index (χ0) is 33.2. The average Bonchev–Trinajstić information content (AvgIpc) is 3.46. The lowest BCUT2D eigenvalue weighted by Crippen LogP contribution is -2.47. The van der Waals surface area contributed by atoms with Crippen molar-refractivity contribution in [3.05, 3.63) is 36.5 Å². The Bertz CT molecular complexity index is 1620. The number of ether oxygens (including phenoxy) is 3. The van der Waals surface area contributed by atoms with Crippen molar-refractivity contribution in [2.75, 3.05) is 57.9 Å². The molecule has 0 bridgehead atoms. The zero-order valence-corrected chi connectivity index (χ0v) is 28.2. The molecule has 4 N–H and O–H groups in total. The van der Waals surface area contributed by atoms with Crippen LogP contribution in [0.2, 0.25) is 0 Å². The molecule has 1 aromatic carbocycles. The second-order valence-electron chi connectivity index (χ2n) is 13.0. The first kappa shape index (κ1) is 34.3. The van der Waals surface area contributed by atoms with Gasteiger partial charge in [-0.1, -0.05) is 18.9 Å². The Morgan fingerprint density at radius 1 is 1.11 bits per heavy atom. The van der Waals surface area contributed by atoms with Crippen LogP contribution in [0.15, 0.2) is 46.3 Å². The molecule has 4 heterocycles. The number of rotatable bonds is 11. The molecular formula is C31H45N5O9S2. The molecule has 4 atom stereocenters. The predicted molar refractivity (Wildman–Crippen MR) is 173 cm³/mol. The number of piperidine rings is 1. The lowest BCUT2D eigenvalue weighted by Gasteiger charge is -2.38. The van der Waals surface area contributed by atoms with Crippen LogP contribution in [0.5, 0.6) is 11.6 Å². The molecular weight excluding hydrogens is 651 g/mol. The standard InChI is InChI=1S/C31H45N5O9S2/c1-35-13-14-43-30-28(35)16-26(19-33-30)47(41,42)36-11-9-31(10-12-36)17-22(20-45-31)32-18-23(37)21-44-24-5-4-6-25(15-24)46(39,40)34-27-7-2-3-8-29(27)38/h4-6,15-16,19,22-23,27,29,32,34,37-38H,2-3,7-14,17-18,20-21H2,1H3/t22-,23+,27+,29+/m1/s1. The monoisotopic (exact) mass is 695 g/mol. The first-order chi connectivity index (χ1) is 22.4. The molecule has 2 aromatic rings. The van der Waals surface area contributed by atoms with Crippen molar-refractivity contribution < 1.29 is 41.3 Å². The number of hydrogen-bond donors (Lipinski definition) is 4. The average molecular weight is 696 g/mol. The normalized spacial score (nSPS) is 25.7. The molecule has 0 unspecified atom stereocenters. The molecule has 0 amide bonds. The molecule has 16 heteroatoms. The maximum atomic E-state index is 13.4. The van der Waals surface area contributed by atoms with Gasteiger partial charge < -0.3 is 34.6 Å².